The highest BCUT2D eigenvalue weighted by Gasteiger charge is 2.84. The Hall–Kier alpha value is -0.760. The second kappa shape index (κ2) is 3.90. The second-order valence-electron chi connectivity index (χ2n) is 6.38. The van der Waals surface area contributed by atoms with Gasteiger partial charge in [-0.15, -0.1) is 23.5 Å². The molecule has 8 heteroatoms. The van der Waals surface area contributed by atoms with Crippen molar-refractivity contribution in [3.63, 3.8) is 0 Å². The zero-order valence-corrected chi connectivity index (χ0v) is 13.5. The van der Waals surface area contributed by atoms with Gasteiger partial charge < -0.3 is 0 Å². The molecule has 2 atom stereocenters. The Balaban J connectivity index is 2.17. The van der Waals surface area contributed by atoms with Crippen molar-refractivity contribution in [2.75, 3.05) is 0 Å². The maximum Gasteiger partial charge on any atom is 0.380 e. The fourth-order valence-corrected chi connectivity index (χ4v) is 6.36. The number of alkyl halides is 6. The molecule has 0 bridgehead atoms. The maximum atomic E-state index is 14.4. The molecule has 4 rings (SSSR count). The van der Waals surface area contributed by atoms with Gasteiger partial charge in [0.15, 0.2) is 0 Å². The zero-order valence-electron chi connectivity index (χ0n) is 11.9. The predicted molar refractivity (Wildman–Crippen MR) is 78.6 cm³/mol. The molecule has 0 aromatic heterocycles. The molecule has 2 aliphatic carbocycles. The third kappa shape index (κ3) is 1.35. The van der Waals surface area contributed by atoms with Crippen LogP contribution in [0.1, 0.15) is 13.8 Å². The first-order valence-corrected chi connectivity index (χ1v) is 8.52. The maximum absolute atomic E-state index is 14.4. The fraction of sp³-hybridized carbons (Fsp3) is 0.467. The van der Waals surface area contributed by atoms with Crippen molar-refractivity contribution in [2.45, 2.75) is 31.6 Å². The van der Waals surface area contributed by atoms with Crippen molar-refractivity contribution in [2.24, 2.45) is 10.8 Å². The van der Waals surface area contributed by atoms with Crippen LogP contribution in [0.15, 0.2) is 43.9 Å². The van der Waals surface area contributed by atoms with Gasteiger partial charge in [-0.2, -0.15) is 26.3 Å². The van der Waals surface area contributed by atoms with Gasteiger partial charge in [0.05, 0.1) is 0 Å². The standard InChI is InChI=1S/C15H10F6S2/c1-11-3-5-22-9(11)7-8(10-12(11,2)4-6-23-10)14(18,19)15(20,21)13(7,16)17/h3-6H,1-2H3/t11-,12-/m1/s1. The summed E-state index contributed by atoms with van der Waals surface area (Å²) in [5, 5.41) is 3.02. The summed E-state index contributed by atoms with van der Waals surface area (Å²) >= 11 is 1.66. The number of halogens is 6. The molecule has 0 unspecified atom stereocenters. The monoisotopic (exact) mass is 368 g/mol. The van der Waals surface area contributed by atoms with Crippen LogP contribution in [0.4, 0.5) is 26.3 Å². The van der Waals surface area contributed by atoms with E-state index in [1.807, 2.05) is 0 Å². The molecule has 0 N–H and O–H groups in total. The third-order valence-electron chi connectivity index (χ3n) is 5.32. The average molecular weight is 368 g/mol. The topological polar surface area (TPSA) is 0 Å². The van der Waals surface area contributed by atoms with Gasteiger partial charge in [0, 0.05) is 31.8 Å². The van der Waals surface area contributed by atoms with Gasteiger partial charge in [0.2, 0.25) is 0 Å². The van der Waals surface area contributed by atoms with Crippen molar-refractivity contribution in [1.82, 2.24) is 0 Å². The van der Waals surface area contributed by atoms with Gasteiger partial charge in [-0.1, -0.05) is 26.0 Å². The van der Waals surface area contributed by atoms with Crippen LogP contribution in [0.3, 0.4) is 0 Å². The van der Waals surface area contributed by atoms with Crippen molar-refractivity contribution >= 4 is 23.5 Å². The Kier molecular flexibility index (Phi) is 2.67. The molecule has 0 spiro atoms. The molecule has 0 saturated heterocycles. The van der Waals surface area contributed by atoms with Crippen LogP contribution in [-0.2, 0) is 0 Å². The van der Waals surface area contributed by atoms with Crippen LogP contribution in [0, 0.1) is 10.8 Å². The predicted octanol–water partition coefficient (Wildman–Crippen LogP) is 5.96. The van der Waals surface area contributed by atoms with E-state index in [0.717, 1.165) is 23.5 Å². The molecule has 1 fully saturated rings. The summed E-state index contributed by atoms with van der Waals surface area (Å²) in [5.41, 5.74) is -4.44. The van der Waals surface area contributed by atoms with Crippen LogP contribution >= 0.6 is 23.5 Å². The quantitative estimate of drug-likeness (QED) is 0.484. The van der Waals surface area contributed by atoms with Crippen LogP contribution in [-0.4, -0.2) is 17.8 Å². The molecule has 2 heterocycles. The molecule has 0 aromatic carbocycles. The number of thioether (sulfide) groups is 2. The first kappa shape index (κ1) is 15.7. The zero-order chi connectivity index (χ0) is 17.1. The number of hydrogen-bond acceptors (Lipinski definition) is 2. The largest absolute Gasteiger partial charge is 0.380 e. The van der Waals surface area contributed by atoms with E-state index in [1.54, 1.807) is 26.0 Å². The van der Waals surface area contributed by atoms with E-state index in [9.17, 15) is 26.3 Å². The van der Waals surface area contributed by atoms with Gasteiger partial charge in [0.25, 0.3) is 0 Å². The van der Waals surface area contributed by atoms with E-state index in [0.29, 0.717) is 0 Å². The number of hydrogen-bond donors (Lipinski definition) is 0. The van der Waals surface area contributed by atoms with Crippen molar-refractivity contribution in [3.05, 3.63) is 43.9 Å². The molecule has 2 aliphatic heterocycles. The van der Waals surface area contributed by atoms with Crippen LogP contribution in [0.5, 0.6) is 0 Å². The highest BCUT2D eigenvalue weighted by atomic mass is 32.2. The number of rotatable bonds is 0. The average Bonchev–Trinajstić information content (AvgIpc) is 3.02. The Morgan fingerprint density at radius 1 is 0.696 bits per heavy atom. The van der Waals surface area contributed by atoms with E-state index in [1.165, 1.54) is 10.8 Å². The summed E-state index contributed by atoms with van der Waals surface area (Å²) in [4.78, 5) is -0.208. The SMILES string of the molecule is C[C@@]12C=CSC1=C1C(=C3SC=C[C@]32C)C(F)(F)C(F)(F)C1(F)F. The van der Waals surface area contributed by atoms with E-state index in [4.69, 9.17) is 0 Å². The molecule has 0 radical (unpaired) electrons. The normalized spacial score (nSPS) is 41.4. The minimum atomic E-state index is -5.44. The van der Waals surface area contributed by atoms with Gasteiger partial charge in [-0.05, 0) is 10.8 Å². The first-order valence-electron chi connectivity index (χ1n) is 6.76. The van der Waals surface area contributed by atoms with Gasteiger partial charge in [0.1, 0.15) is 0 Å². The highest BCUT2D eigenvalue weighted by Crippen LogP contribution is 2.75. The van der Waals surface area contributed by atoms with Crippen LogP contribution in [0.2, 0.25) is 0 Å². The van der Waals surface area contributed by atoms with Crippen LogP contribution < -0.4 is 0 Å². The molecule has 4 aliphatic rings. The van der Waals surface area contributed by atoms with E-state index < -0.39 is 39.7 Å². The molecular weight excluding hydrogens is 358 g/mol. The molecule has 124 valence electrons. The minimum absolute atomic E-state index is 0.104. The second-order valence-corrected chi connectivity index (χ2v) is 8.21. The Morgan fingerprint density at radius 2 is 1.04 bits per heavy atom. The summed E-state index contributed by atoms with van der Waals surface area (Å²) in [5.74, 6) is -15.2. The summed E-state index contributed by atoms with van der Waals surface area (Å²) in [6.45, 7) is 3.26. The molecular formula is C15H10F6S2. The van der Waals surface area contributed by atoms with Crippen molar-refractivity contribution in [1.29, 1.82) is 0 Å². The van der Waals surface area contributed by atoms with E-state index in [-0.39, 0.29) is 9.81 Å². The molecule has 1 saturated carbocycles. The number of allylic oxidation sites excluding steroid dienone is 6. The van der Waals surface area contributed by atoms with E-state index >= 15 is 0 Å². The fourth-order valence-electron chi connectivity index (χ4n) is 3.66. The summed E-state index contributed by atoms with van der Waals surface area (Å²) in [7, 11) is 0. The van der Waals surface area contributed by atoms with Gasteiger partial charge in [-0.3, -0.25) is 0 Å². The lowest BCUT2D eigenvalue weighted by Crippen LogP contribution is -2.47. The lowest BCUT2D eigenvalue weighted by Gasteiger charge is -2.45. The van der Waals surface area contributed by atoms with Crippen molar-refractivity contribution < 1.29 is 26.3 Å². The minimum Gasteiger partial charge on any atom is -0.194 e. The summed E-state index contributed by atoms with van der Waals surface area (Å²) in [6.07, 6.45) is 3.27. The summed E-state index contributed by atoms with van der Waals surface area (Å²) in [6, 6.07) is 0. The smallest absolute Gasteiger partial charge is 0.194 e. The van der Waals surface area contributed by atoms with Gasteiger partial charge >= 0.3 is 17.8 Å². The molecule has 0 aromatic rings. The number of fused-ring (bicyclic) bond motifs is 4. The summed E-state index contributed by atoms with van der Waals surface area (Å²) < 4.78 is 85.3. The first-order chi connectivity index (χ1) is 10.4. The highest BCUT2D eigenvalue weighted by molar-refractivity contribution is 8.06. The molecule has 0 nitrogen and oxygen atoms in total. The van der Waals surface area contributed by atoms with E-state index in [2.05, 4.69) is 0 Å². The molecule has 0 amide bonds. The Labute approximate surface area is 136 Å². The Bertz CT molecular complexity index is 698. The molecule has 23 heavy (non-hydrogen) atoms. The van der Waals surface area contributed by atoms with Gasteiger partial charge in [-0.25, -0.2) is 0 Å². The Morgan fingerprint density at radius 3 is 1.39 bits per heavy atom. The third-order valence-corrected chi connectivity index (χ3v) is 7.59. The van der Waals surface area contributed by atoms with Crippen LogP contribution in [0.25, 0.3) is 0 Å². The lowest BCUT2D eigenvalue weighted by atomic mass is 9.60. The lowest BCUT2D eigenvalue weighted by molar-refractivity contribution is -0.258. The van der Waals surface area contributed by atoms with Crippen molar-refractivity contribution in [3.8, 4) is 0 Å².